The van der Waals surface area contributed by atoms with E-state index in [1.807, 2.05) is 49.6 Å². The van der Waals surface area contributed by atoms with Gasteiger partial charge in [0, 0.05) is 11.0 Å². The van der Waals surface area contributed by atoms with Crippen LogP contribution in [0.4, 0.5) is 0 Å². The van der Waals surface area contributed by atoms with E-state index in [0.29, 0.717) is 5.75 Å². The molecule has 0 bridgehead atoms. The first-order valence-corrected chi connectivity index (χ1v) is 6.54. The molecule has 0 saturated heterocycles. The molecule has 92 valence electrons. The molecule has 3 heteroatoms. The van der Waals surface area contributed by atoms with Crippen molar-refractivity contribution in [3.63, 3.8) is 0 Å². The van der Waals surface area contributed by atoms with Gasteiger partial charge in [0.15, 0.2) is 0 Å². The van der Waals surface area contributed by atoms with Crippen LogP contribution in [0.2, 0.25) is 0 Å². The number of ether oxygens (including phenoxy) is 1. The van der Waals surface area contributed by atoms with E-state index in [2.05, 4.69) is 0 Å². The zero-order valence-corrected chi connectivity index (χ0v) is 11.2. The van der Waals surface area contributed by atoms with Crippen LogP contribution in [0.5, 0.6) is 5.75 Å². The summed E-state index contributed by atoms with van der Waals surface area (Å²) in [5, 5.41) is 1.97. The molecule has 2 rings (SSSR count). The first-order valence-electron chi connectivity index (χ1n) is 5.66. The monoisotopic (exact) mass is 258 g/mol. The number of rotatable bonds is 3. The fraction of sp³-hybridized carbons (Fsp3) is 0.133. The minimum absolute atomic E-state index is 0.350. The van der Waals surface area contributed by atoms with Crippen molar-refractivity contribution in [1.29, 1.82) is 0 Å². The summed E-state index contributed by atoms with van der Waals surface area (Å²) in [7, 11) is 0. The standard InChI is InChI=1S/C15H14O2S/c1-11-5-6-12(2)14(10-11)17-15(16)8-7-13-4-3-9-18-13/h3-10H,1-2H3/b8-7+. The van der Waals surface area contributed by atoms with Gasteiger partial charge in [-0.15, -0.1) is 11.3 Å². The Labute approximate surface area is 111 Å². The summed E-state index contributed by atoms with van der Waals surface area (Å²) in [5.41, 5.74) is 2.03. The molecule has 2 nitrogen and oxygen atoms in total. The third kappa shape index (κ3) is 3.31. The van der Waals surface area contributed by atoms with Gasteiger partial charge in [-0.3, -0.25) is 0 Å². The second-order valence-corrected chi connectivity index (χ2v) is 5.02. The van der Waals surface area contributed by atoms with Gasteiger partial charge in [-0.1, -0.05) is 18.2 Å². The van der Waals surface area contributed by atoms with E-state index in [9.17, 15) is 4.79 Å². The normalized spacial score (nSPS) is 10.8. The Kier molecular flexibility index (Phi) is 3.95. The summed E-state index contributed by atoms with van der Waals surface area (Å²) in [5.74, 6) is 0.271. The summed E-state index contributed by atoms with van der Waals surface area (Å²) in [6.07, 6.45) is 3.21. The van der Waals surface area contributed by atoms with Crippen LogP contribution >= 0.6 is 11.3 Å². The third-order valence-electron chi connectivity index (χ3n) is 2.48. The third-order valence-corrected chi connectivity index (χ3v) is 3.32. The smallest absolute Gasteiger partial charge is 0.336 e. The molecule has 0 spiro atoms. The number of esters is 1. The van der Waals surface area contributed by atoms with Crippen molar-refractivity contribution in [3.05, 3.63) is 57.8 Å². The topological polar surface area (TPSA) is 26.3 Å². The maximum atomic E-state index is 11.7. The fourth-order valence-electron chi connectivity index (χ4n) is 1.50. The summed E-state index contributed by atoms with van der Waals surface area (Å²) >= 11 is 1.58. The molecule has 2 aromatic rings. The molecule has 1 aromatic heterocycles. The van der Waals surface area contributed by atoms with Crippen molar-refractivity contribution in [3.8, 4) is 5.75 Å². The van der Waals surface area contributed by atoms with Crippen LogP contribution in [0.1, 0.15) is 16.0 Å². The maximum Gasteiger partial charge on any atom is 0.336 e. The van der Waals surface area contributed by atoms with E-state index in [1.165, 1.54) is 6.08 Å². The Balaban J connectivity index is 2.05. The van der Waals surface area contributed by atoms with Crippen LogP contribution in [0.15, 0.2) is 41.8 Å². The van der Waals surface area contributed by atoms with Crippen LogP contribution in [-0.2, 0) is 4.79 Å². The van der Waals surface area contributed by atoms with Gasteiger partial charge in [0.25, 0.3) is 0 Å². The number of carbonyl (C=O) groups is 1. The van der Waals surface area contributed by atoms with Gasteiger partial charge in [-0.25, -0.2) is 4.79 Å². The van der Waals surface area contributed by atoms with E-state index in [0.717, 1.165) is 16.0 Å². The van der Waals surface area contributed by atoms with E-state index >= 15 is 0 Å². The Bertz CT molecular complexity index is 568. The van der Waals surface area contributed by atoms with Gasteiger partial charge in [0.2, 0.25) is 0 Å². The molecule has 1 aromatic carbocycles. The lowest BCUT2D eigenvalue weighted by Gasteiger charge is -2.05. The van der Waals surface area contributed by atoms with Gasteiger partial charge >= 0.3 is 5.97 Å². The Hall–Kier alpha value is -1.87. The van der Waals surface area contributed by atoms with Crippen molar-refractivity contribution in [2.75, 3.05) is 0 Å². The van der Waals surface area contributed by atoms with E-state index < -0.39 is 0 Å². The largest absolute Gasteiger partial charge is 0.423 e. The van der Waals surface area contributed by atoms with Crippen LogP contribution in [0, 0.1) is 13.8 Å². The van der Waals surface area contributed by atoms with Gasteiger partial charge in [-0.05, 0) is 48.6 Å². The molecule has 0 unspecified atom stereocenters. The molecule has 18 heavy (non-hydrogen) atoms. The molecular formula is C15H14O2S. The lowest BCUT2D eigenvalue weighted by atomic mass is 10.1. The quantitative estimate of drug-likeness (QED) is 0.473. The van der Waals surface area contributed by atoms with Crippen molar-refractivity contribution < 1.29 is 9.53 Å². The number of thiophene rings is 1. The molecule has 0 atom stereocenters. The molecule has 0 radical (unpaired) electrons. The maximum absolute atomic E-state index is 11.7. The first-order chi connectivity index (χ1) is 8.65. The number of carbonyl (C=O) groups excluding carboxylic acids is 1. The zero-order chi connectivity index (χ0) is 13.0. The van der Waals surface area contributed by atoms with Crippen molar-refractivity contribution in [2.45, 2.75) is 13.8 Å². The average Bonchev–Trinajstić information content (AvgIpc) is 2.84. The summed E-state index contributed by atoms with van der Waals surface area (Å²) in [4.78, 5) is 12.7. The number of benzene rings is 1. The molecule has 0 fully saturated rings. The highest BCUT2D eigenvalue weighted by Gasteiger charge is 2.04. The molecule has 0 saturated carbocycles. The fourth-order valence-corrected chi connectivity index (χ4v) is 2.11. The number of hydrogen-bond acceptors (Lipinski definition) is 3. The molecule has 0 aliphatic heterocycles. The highest BCUT2D eigenvalue weighted by atomic mass is 32.1. The van der Waals surface area contributed by atoms with E-state index in [-0.39, 0.29) is 5.97 Å². The molecule has 0 aliphatic carbocycles. The number of hydrogen-bond donors (Lipinski definition) is 0. The highest BCUT2D eigenvalue weighted by molar-refractivity contribution is 7.10. The zero-order valence-electron chi connectivity index (χ0n) is 10.3. The minimum atomic E-state index is -0.350. The van der Waals surface area contributed by atoms with Crippen LogP contribution in [0.25, 0.3) is 6.08 Å². The van der Waals surface area contributed by atoms with E-state index in [4.69, 9.17) is 4.74 Å². The van der Waals surface area contributed by atoms with Crippen LogP contribution in [0.3, 0.4) is 0 Å². The first kappa shape index (κ1) is 12.6. The molecule has 0 aliphatic rings. The Morgan fingerprint density at radius 2 is 2.11 bits per heavy atom. The number of aryl methyl sites for hydroxylation is 2. The minimum Gasteiger partial charge on any atom is -0.423 e. The van der Waals surface area contributed by atoms with Crippen LogP contribution < -0.4 is 4.74 Å². The van der Waals surface area contributed by atoms with Gasteiger partial charge < -0.3 is 4.74 Å². The predicted molar refractivity (Wildman–Crippen MR) is 74.9 cm³/mol. The average molecular weight is 258 g/mol. The van der Waals surface area contributed by atoms with Gasteiger partial charge in [-0.2, -0.15) is 0 Å². The summed E-state index contributed by atoms with van der Waals surface area (Å²) < 4.78 is 5.30. The van der Waals surface area contributed by atoms with Crippen LogP contribution in [-0.4, -0.2) is 5.97 Å². The van der Waals surface area contributed by atoms with Crippen molar-refractivity contribution >= 4 is 23.4 Å². The van der Waals surface area contributed by atoms with Gasteiger partial charge in [0.05, 0.1) is 0 Å². The second kappa shape index (κ2) is 5.65. The van der Waals surface area contributed by atoms with Crippen molar-refractivity contribution in [1.82, 2.24) is 0 Å². The van der Waals surface area contributed by atoms with Crippen molar-refractivity contribution in [2.24, 2.45) is 0 Å². The Morgan fingerprint density at radius 3 is 2.83 bits per heavy atom. The molecular weight excluding hydrogens is 244 g/mol. The lowest BCUT2D eigenvalue weighted by Crippen LogP contribution is -2.04. The second-order valence-electron chi connectivity index (χ2n) is 4.04. The molecule has 0 amide bonds. The summed E-state index contributed by atoms with van der Waals surface area (Å²) in [6, 6.07) is 9.70. The summed E-state index contributed by atoms with van der Waals surface area (Å²) in [6.45, 7) is 3.89. The van der Waals surface area contributed by atoms with E-state index in [1.54, 1.807) is 17.4 Å². The van der Waals surface area contributed by atoms with Gasteiger partial charge in [0.1, 0.15) is 5.75 Å². The molecule has 0 N–H and O–H groups in total. The SMILES string of the molecule is Cc1ccc(C)c(OC(=O)/C=C/c2cccs2)c1. The highest BCUT2D eigenvalue weighted by Crippen LogP contribution is 2.19. The Morgan fingerprint density at radius 1 is 1.28 bits per heavy atom. The predicted octanol–water partition coefficient (Wildman–Crippen LogP) is 3.98. The lowest BCUT2D eigenvalue weighted by molar-refractivity contribution is -0.128. The molecule has 1 heterocycles.